The highest BCUT2D eigenvalue weighted by atomic mass is 28.5. The standard InChI is InChI=1S/C22H41N3O5Si4/c1-21(2)22(26)27-16-12-20-34(28-31(3,4)17-9-13-23,29-32(5,6)18-10-14-24)30-33(7,8)19-11-15-25/h1,9-12,16-20H2,2-8H3. The van der Waals surface area contributed by atoms with Crippen molar-refractivity contribution in [2.24, 2.45) is 0 Å². The molecule has 0 aliphatic carbocycles. The summed E-state index contributed by atoms with van der Waals surface area (Å²) in [5.74, 6) is -0.439. The van der Waals surface area contributed by atoms with Gasteiger partial charge < -0.3 is 17.1 Å². The molecule has 0 rings (SSSR count). The van der Waals surface area contributed by atoms with Gasteiger partial charge in [-0.3, -0.25) is 0 Å². The van der Waals surface area contributed by atoms with E-state index in [2.05, 4.69) is 64.1 Å². The van der Waals surface area contributed by atoms with E-state index in [9.17, 15) is 4.79 Å². The Bertz CT molecular complexity index is 734. The van der Waals surface area contributed by atoms with Crippen molar-refractivity contribution in [2.75, 3.05) is 6.61 Å². The molecule has 0 fully saturated rings. The Labute approximate surface area is 210 Å². The van der Waals surface area contributed by atoms with Crippen LogP contribution in [-0.2, 0) is 21.9 Å². The summed E-state index contributed by atoms with van der Waals surface area (Å²) in [6.07, 6.45) is 1.68. The Morgan fingerprint density at radius 3 is 1.38 bits per heavy atom. The molecule has 0 N–H and O–H groups in total. The number of nitrogens with zero attached hydrogens (tertiary/aromatic N) is 3. The second kappa shape index (κ2) is 14.7. The van der Waals surface area contributed by atoms with Gasteiger partial charge in [-0.05, 0) is 70.8 Å². The first-order valence-corrected chi connectivity index (χ1v) is 22.9. The monoisotopic (exact) mass is 539 g/mol. The first kappa shape index (κ1) is 32.4. The summed E-state index contributed by atoms with van der Waals surface area (Å²) in [5, 5.41) is 27.4. The lowest BCUT2D eigenvalue weighted by Crippen LogP contribution is -2.62. The van der Waals surface area contributed by atoms with E-state index in [1.807, 2.05) is 0 Å². The number of hydrogen-bond acceptors (Lipinski definition) is 8. The number of hydrogen-bond donors (Lipinski definition) is 0. The number of rotatable bonds is 17. The van der Waals surface area contributed by atoms with Gasteiger partial charge in [0.15, 0.2) is 25.0 Å². The van der Waals surface area contributed by atoms with Crippen LogP contribution >= 0.6 is 0 Å². The molecule has 0 unspecified atom stereocenters. The van der Waals surface area contributed by atoms with Crippen molar-refractivity contribution in [3.8, 4) is 18.2 Å². The van der Waals surface area contributed by atoms with Gasteiger partial charge in [0.2, 0.25) is 0 Å². The van der Waals surface area contributed by atoms with Gasteiger partial charge in [0.1, 0.15) is 0 Å². The van der Waals surface area contributed by atoms with Crippen LogP contribution in [0.3, 0.4) is 0 Å². The van der Waals surface area contributed by atoms with Crippen molar-refractivity contribution in [1.29, 1.82) is 15.8 Å². The average molecular weight is 540 g/mol. The molecule has 0 amide bonds. The SMILES string of the molecule is C=C(C)C(=O)OCCC[Si](O[Si](C)(C)CCC#N)(O[Si](C)(C)CCC#N)O[Si](C)(C)CCC#N. The summed E-state index contributed by atoms with van der Waals surface area (Å²) < 4.78 is 25.8. The van der Waals surface area contributed by atoms with Crippen molar-refractivity contribution in [3.05, 3.63) is 12.2 Å². The summed E-state index contributed by atoms with van der Waals surface area (Å²) in [4.78, 5) is 11.8. The van der Waals surface area contributed by atoms with Crippen LogP contribution in [0.15, 0.2) is 12.2 Å². The Hall–Kier alpha value is -1.57. The molecule has 0 atom stereocenters. The van der Waals surface area contributed by atoms with Gasteiger partial charge >= 0.3 is 14.8 Å². The molecule has 0 radical (unpaired) electrons. The van der Waals surface area contributed by atoms with E-state index in [0.717, 1.165) is 0 Å². The van der Waals surface area contributed by atoms with Crippen LogP contribution in [0, 0.1) is 34.0 Å². The van der Waals surface area contributed by atoms with Crippen molar-refractivity contribution < 1.29 is 21.9 Å². The van der Waals surface area contributed by atoms with Gasteiger partial charge in [0.25, 0.3) is 0 Å². The molecular weight excluding hydrogens is 499 g/mol. The van der Waals surface area contributed by atoms with Crippen molar-refractivity contribution in [3.63, 3.8) is 0 Å². The highest BCUT2D eigenvalue weighted by Gasteiger charge is 2.52. The van der Waals surface area contributed by atoms with E-state index in [1.165, 1.54) is 0 Å². The summed E-state index contributed by atoms with van der Waals surface area (Å²) in [7, 11) is -10.3. The molecular formula is C22H41N3O5Si4. The second-order valence-electron chi connectivity index (χ2n) is 10.3. The minimum atomic E-state index is -3.31. The molecule has 0 aromatic heterocycles. The molecule has 0 bridgehead atoms. The molecule has 0 aromatic rings. The molecule has 0 aliphatic heterocycles. The number of ether oxygens (including phenoxy) is 1. The normalized spacial score (nSPS) is 12.4. The largest absolute Gasteiger partial charge is 0.469 e. The lowest BCUT2D eigenvalue weighted by molar-refractivity contribution is -0.139. The van der Waals surface area contributed by atoms with Crippen LogP contribution in [0.4, 0.5) is 0 Å². The number of esters is 1. The minimum Gasteiger partial charge on any atom is -0.462 e. The van der Waals surface area contributed by atoms with E-state index in [1.54, 1.807) is 6.92 Å². The highest BCUT2D eigenvalue weighted by molar-refractivity contribution is 6.90. The third-order valence-electron chi connectivity index (χ3n) is 5.02. The quantitative estimate of drug-likeness (QED) is 0.0976. The Balaban J connectivity index is 6.10. The van der Waals surface area contributed by atoms with Crippen LogP contribution in [-0.4, -0.2) is 46.3 Å². The summed E-state index contributed by atoms with van der Waals surface area (Å²) in [6.45, 7) is 17.8. The molecule has 0 aliphatic rings. The smallest absolute Gasteiger partial charge is 0.462 e. The number of carbonyl (C=O) groups excluding carboxylic acids is 1. The zero-order chi connectivity index (χ0) is 26.5. The van der Waals surface area contributed by atoms with Gasteiger partial charge in [-0.15, -0.1) is 0 Å². The third-order valence-corrected chi connectivity index (χ3v) is 20.7. The maximum atomic E-state index is 11.8. The van der Waals surface area contributed by atoms with Crippen molar-refractivity contribution in [1.82, 2.24) is 0 Å². The van der Waals surface area contributed by atoms with Crippen LogP contribution < -0.4 is 0 Å². The molecule has 12 heteroatoms. The maximum Gasteiger partial charge on any atom is 0.469 e. The van der Waals surface area contributed by atoms with Gasteiger partial charge in [-0.1, -0.05) is 6.58 Å². The van der Waals surface area contributed by atoms with E-state index >= 15 is 0 Å². The van der Waals surface area contributed by atoms with E-state index < -0.39 is 39.7 Å². The Morgan fingerprint density at radius 1 is 0.735 bits per heavy atom. The number of carbonyl (C=O) groups is 1. The molecule has 0 saturated heterocycles. The fourth-order valence-electron chi connectivity index (χ4n) is 3.28. The van der Waals surface area contributed by atoms with Crippen LogP contribution in [0.1, 0.15) is 32.6 Å². The van der Waals surface area contributed by atoms with E-state index in [0.29, 0.717) is 55.4 Å². The lowest BCUT2D eigenvalue weighted by atomic mass is 10.4. The minimum absolute atomic E-state index is 0.192. The zero-order valence-corrected chi connectivity index (χ0v) is 26.0. The molecule has 0 spiro atoms. The topological polar surface area (TPSA) is 125 Å². The maximum absolute atomic E-state index is 11.8. The molecule has 0 heterocycles. The van der Waals surface area contributed by atoms with Crippen LogP contribution in [0.5, 0.6) is 0 Å². The van der Waals surface area contributed by atoms with Gasteiger partial charge in [-0.2, -0.15) is 15.8 Å². The molecule has 34 heavy (non-hydrogen) atoms. The lowest BCUT2D eigenvalue weighted by Gasteiger charge is -2.45. The fourth-order valence-corrected chi connectivity index (χ4v) is 20.2. The third kappa shape index (κ3) is 14.0. The average Bonchev–Trinajstić information content (AvgIpc) is 2.71. The predicted molar refractivity (Wildman–Crippen MR) is 142 cm³/mol. The van der Waals surface area contributed by atoms with Crippen molar-refractivity contribution >= 4 is 39.7 Å². The van der Waals surface area contributed by atoms with Gasteiger partial charge in [-0.25, -0.2) is 4.79 Å². The Kier molecular flexibility index (Phi) is 14.1. The summed E-state index contributed by atoms with van der Waals surface area (Å²) in [5.41, 5.74) is 0.340. The van der Waals surface area contributed by atoms with E-state index in [-0.39, 0.29) is 6.61 Å². The Morgan fingerprint density at radius 2 is 1.09 bits per heavy atom. The van der Waals surface area contributed by atoms with E-state index in [4.69, 9.17) is 32.9 Å². The predicted octanol–water partition coefficient (Wildman–Crippen LogP) is 5.84. The first-order chi connectivity index (χ1) is 15.6. The molecule has 0 saturated carbocycles. The summed E-state index contributed by atoms with van der Waals surface area (Å²) in [6, 6.07) is 9.03. The first-order valence-electron chi connectivity index (χ1n) is 11.7. The summed E-state index contributed by atoms with van der Waals surface area (Å²) >= 11 is 0. The van der Waals surface area contributed by atoms with Crippen LogP contribution in [0.25, 0.3) is 0 Å². The van der Waals surface area contributed by atoms with Crippen LogP contribution in [0.2, 0.25) is 63.5 Å². The molecule has 190 valence electrons. The fraction of sp³-hybridized carbons (Fsp3) is 0.727. The van der Waals surface area contributed by atoms with Gasteiger partial charge in [0, 0.05) is 30.9 Å². The number of nitriles is 3. The molecule has 8 nitrogen and oxygen atoms in total. The second-order valence-corrected chi connectivity index (χ2v) is 26.6. The molecule has 0 aromatic carbocycles. The highest BCUT2D eigenvalue weighted by Crippen LogP contribution is 2.34. The zero-order valence-electron chi connectivity index (χ0n) is 22.0. The van der Waals surface area contributed by atoms with Crippen molar-refractivity contribution in [2.45, 2.75) is 96.1 Å². The van der Waals surface area contributed by atoms with Gasteiger partial charge in [0.05, 0.1) is 24.8 Å².